The van der Waals surface area contributed by atoms with Crippen LogP contribution in [0.25, 0.3) is 0 Å². The van der Waals surface area contributed by atoms with E-state index in [1.165, 1.54) is 10.9 Å². The Morgan fingerprint density at radius 2 is 2.26 bits per heavy atom. The maximum atomic E-state index is 13.8. The molecule has 102 valence electrons. The Morgan fingerprint density at radius 3 is 2.84 bits per heavy atom. The van der Waals surface area contributed by atoms with Crippen LogP contribution in [0.1, 0.15) is 18.3 Å². The Labute approximate surface area is 110 Å². The van der Waals surface area contributed by atoms with E-state index >= 15 is 0 Å². The number of benzene rings is 1. The number of tetrazole rings is 1. The molecule has 0 aliphatic heterocycles. The fourth-order valence-electron chi connectivity index (χ4n) is 1.68. The first-order valence-electron chi connectivity index (χ1n) is 5.94. The smallest absolute Gasteiger partial charge is 0.212 e. The normalized spacial score (nSPS) is 12.4. The van der Waals surface area contributed by atoms with Gasteiger partial charge in [0.05, 0.1) is 7.05 Å². The first-order valence-corrected chi connectivity index (χ1v) is 5.94. The van der Waals surface area contributed by atoms with E-state index in [2.05, 4.69) is 15.4 Å². The Morgan fingerprint density at radius 1 is 1.47 bits per heavy atom. The van der Waals surface area contributed by atoms with Crippen molar-refractivity contribution >= 4 is 0 Å². The van der Waals surface area contributed by atoms with Crippen LogP contribution in [0.15, 0.2) is 18.2 Å². The Balaban J connectivity index is 2.00. The molecule has 2 N–H and O–H groups in total. The molecule has 0 aliphatic carbocycles. The Hall–Kier alpha value is -2.02. The van der Waals surface area contributed by atoms with Gasteiger partial charge in [0, 0.05) is 6.04 Å². The van der Waals surface area contributed by atoms with E-state index in [1.807, 2.05) is 6.92 Å². The monoisotopic (exact) mass is 265 g/mol. The minimum Gasteiger partial charge on any atom is -0.482 e. The van der Waals surface area contributed by atoms with E-state index in [0.717, 1.165) is 5.56 Å². The highest BCUT2D eigenvalue weighted by Crippen LogP contribution is 2.19. The number of aryl methyl sites for hydroxylation is 1. The highest BCUT2D eigenvalue weighted by atomic mass is 19.1. The molecule has 2 rings (SSSR count). The van der Waals surface area contributed by atoms with Gasteiger partial charge in [-0.1, -0.05) is 6.07 Å². The number of hydrogen-bond donors (Lipinski definition) is 1. The topological polar surface area (TPSA) is 78.9 Å². The molecule has 0 fully saturated rings. The second-order valence-electron chi connectivity index (χ2n) is 4.43. The molecule has 0 aliphatic rings. The molecule has 0 saturated carbocycles. The molecule has 7 heteroatoms. The molecule has 2 aromatic rings. The molecular formula is C12H16FN5O. The summed E-state index contributed by atoms with van der Waals surface area (Å²) in [4.78, 5) is 1.32. The van der Waals surface area contributed by atoms with E-state index in [-0.39, 0.29) is 18.4 Å². The van der Waals surface area contributed by atoms with Crippen LogP contribution in [0.3, 0.4) is 0 Å². The zero-order chi connectivity index (χ0) is 13.8. The molecule has 1 unspecified atom stereocenters. The van der Waals surface area contributed by atoms with Gasteiger partial charge in [-0.15, -0.1) is 10.2 Å². The van der Waals surface area contributed by atoms with Crippen LogP contribution >= 0.6 is 0 Å². The summed E-state index contributed by atoms with van der Waals surface area (Å²) in [5.41, 5.74) is 6.51. The lowest BCUT2D eigenvalue weighted by Gasteiger charge is -2.08. The van der Waals surface area contributed by atoms with Crippen molar-refractivity contribution in [2.24, 2.45) is 12.8 Å². The van der Waals surface area contributed by atoms with Crippen LogP contribution in [-0.4, -0.2) is 26.2 Å². The second kappa shape index (κ2) is 5.75. The predicted octanol–water partition coefficient (Wildman–Crippen LogP) is 0.818. The minimum absolute atomic E-state index is 0.00467. The zero-order valence-electron chi connectivity index (χ0n) is 10.9. The molecule has 6 nitrogen and oxygen atoms in total. The maximum absolute atomic E-state index is 13.8. The molecule has 1 aromatic heterocycles. The van der Waals surface area contributed by atoms with E-state index < -0.39 is 5.82 Å². The number of aromatic nitrogens is 4. The van der Waals surface area contributed by atoms with Crippen LogP contribution < -0.4 is 10.5 Å². The van der Waals surface area contributed by atoms with Crippen LogP contribution in [0.2, 0.25) is 0 Å². The third-order valence-corrected chi connectivity index (χ3v) is 2.46. The first kappa shape index (κ1) is 13.4. The molecule has 1 heterocycles. The molecule has 19 heavy (non-hydrogen) atoms. The number of nitrogens with zero attached hydrogens (tertiary/aromatic N) is 4. The van der Waals surface area contributed by atoms with Gasteiger partial charge in [0.15, 0.2) is 18.2 Å². The predicted molar refractivity (Wildman–Crippen MR) is 66.9 cm³/mol. The van der Waals surface area contributed by atoms with Gasteiger partial charge >= 0.3 is 0 Å². The molecule has 0 bridgehead atoms. The number of rotatable bonds is 5. The minimum atomic E-state index is -0.415. The summed E-state index contributed by atoms with van der Waals surface area (Å²) in [7, 11) is 1.65. The largest absolute Gasteiger partial charge is 0.482 e. The number of ether oxygens (including phenoxy) is 1. The van der Waals surface area contributed by atoms with E-state index in [9.17, 15) is 4.39 Å². The van der Waals surface area contributed by atoms with Gasteiger partial charge in [-0.3, -0.25) is 0 Å². The molecule has 0 amide bonds. The van der Waals surface area contributed by atoms with E-state index in [1.54, 1.807) is 19.2 Å². The maximum Gasteiger partial charge on any atom is 0.212 e. The van der Waals surface area contributed by atoms with Crippen LogP contribution in [-0.2, 0) is 20.1 Å². The Bertz CT molecular complexity index is 555. The lowest BCUT2D eigenvalue weighted by molar-refractivity contribution is 0.280. The highest BCUT2D eigenvalue weighted by Gasteiger charge is 2.08. The lowest BCUT2D eigenvalue weighted by atomic mass is 10.1. The summed E-state index contributed by atoms with van der Waals surface area (Å²) >= 11 is 0. The lowest BCUT2D eigenvalue weighted by Crippen LogP contribution is -2.17. The van der Waals surface area contributed by atoms with Gasteiger partial charge < -0.3 is 10.5 Å². The van der Waals surface area contributed by atoms with Crippen LogP contribution in [0.5, 0.6) is 5.75 Å². The molecule has 0 spiro atoms. The fourth-order valence-corrected chi connectivity index (χ4v) is 1.68. The first-order chi connectivity index (χ1) is 9.04. The van der Waals surface area contributed by atoms with Crippen LogP contribution in [0.4, 0.5) is 4.39 Å². The average Bonchev–Trinajstić information content (AvgIpc) is 2.73. The van der Waals surface area contributed by atoms with Crippen molar-refractivity contribution in [3.63, 3.8) is 0 Å². The van der Waals surface area contributed by atoms with Crippen molar-refractivity contribution in [3.05, 3.63) is 35.4 Å². The number of nitrogens with two attached hydrogens (primary N) is 1. The summed E-state index contributed by atoms with van der Waals surface area (Å²) in [6.45, 7) is 1.96. The zero-order valence-corrected chi connectivity index (χ0v) is 10.9. The van der Waals surface area contributed by atoms with Crippen molar-refractivity contribution in [3.8, 4) is 5.75 Å². The van der Waals surface area contributed by atoms with Crippen LogP contribution in [0, 0.1) is 5.82 Å². The quantitative estimate of drug-likeness (QED) is 0.865. The van der Waals surface area contributed by atoms with Gasteiger partial charge in [-0.2, -0.15) is 4.80 Å². The average molecular weight is 265 g/mol. The molecule has 1 aromatic carbocycles. The number of halogens is 1. The Kier molecular flexibility index (Phi) is 4.06. The van der Waals surface area contributed by atoms with Crippen molar-refractivity contribution in [2.75, 3.05) is 0 Å². The van der Waals surface area contributed by atoms with Gasteiger partial charge in [0.2, 0.25) is 5.82 Å². The van der Waals surface area contributed by atoms with E-state index in [0.29, 0.717) is 12.2 Å². The standard InChI is InChI=1S/C12H16FN5O/c1-8(14)5-9-3-4-11(10(13)6-9)19-7-12-15-17-18(2)16-12/h3-4,6,8H,5,7,14H2,1-2H3. The SMILES string of the molecule is CC(N)Cc1ccc(OCc2nnn(C)n2)c(F)c1. The van der Waals surface area contributed by atoms with Gasteiger partial charge in [0.1, 0.15) is 0 Å². The third kappa shape index (κ3) is 3.72. The molecule has 1 atom stereocenters. The molecule has 0 radical (unpaired) electrons. The van der Waals surface area contributed by atoms with Crippen molar-refractivity contribution in [1.82, 2.24) is 20.2 Å². The fraction of sp³-hybridized carbons (Fsp3) is 0.417. The van der Waals surface area contributed by atoms with Gasteiger partial charge in [0.25, 0.3) is 0 Å². The number of hydrogen-bond acceptors (Lipinski definition) is 5. The van der Waals surface area contributed by atoms with Gasteiger partial charge in [-0.25, -0.2) is 4.39 Å². The van der Waals surface area contributed by atoms with Crippen molar-refractivity contribution in [1.29, 1.82) is 0 Å². The molecule has 0 saturated heterocycles. The summed E-state index contributed by atoms with van der Waals surface area (Å²) < 4.78 is 19.1. The van der Waals surface area contributed by atoms with Crippen molar-refractivity contribution < 1.29 is 9.13 Å². The third-order valence-electron chi connectivity index (χ3n) is 2.46. The molecular weight excluding hydrogens is 249 g/mol. The van der Waals surface area contributed by atoms with E-state index in [4.69, 9.17) is 10.5 Å². The van der Waals surface area contributed by atoms with Crippen molar-refractivity contribution in [2.45, 2.75) is 26.0 Å². The second-order valence-corrected chi connectivity index (χ2v) is 4.43. The summed E-state index contributed by atoms with van der Waals surface area (Å²) in [6.07, 6.45) is 0.628. The van der Waals surface area contributed by atoms with Gasteiger partial charge in [-0.05, 0) is 36.3 Å². The summed E-state index contributed by atoms with van der Waals surface area (Å²) in [5, 5.41) is 11.4. The summed E-state index contributed by atoms with van der Waals surface area (Å²) in [6, 6.07) is 4.81. The highest BCUT2D eigenvalue weighted by molar-refractivity contribution is 5.29. The summed E-state index contributed by atoms with van der Waals surface area (Å²) in [5.74, 6) is 0.157.